The van der Waals surface area contributed by atoms with Gasteiger partial charge < -0.3 is 14.8 Å². The van der Waals surface area contributed by atoms with Crippen molar-refractivity contribution >= 4 is 11.3 Å². The average Bonchev–Trinajstić information content (AvgIpc) is 2.93. The van der Waals surface area contributed by atoms with E-state index in [0.29, 0.717) is 6.61 Å². The van der Waals surface area contributed by atoms with Gasteiger partial charge in [-0.05, 0) is 25.1 Å². The van der Waals surface area contributed by atoms with Gasteiger partial charge in [-0.15, -0.1) is 11.3 Å². The molecule has 0 fully saturated rings. The monoisotopic (exact) mass is 292 g/mol. The van der Waals surface area contributed by atoms with Crippen molar-refractivity contribution in [3.63, 3.8) is 0 Å². The third-order valence-electron chi connectivity index (χ3n) is 2.75. The molecule has 0 spiro atoms. The zero-order chi connectivity index (χ0) is 14.2. The molecule has 0 aliphatic rings. The predicted octanol–water partition coefficient (Wildman–Crippen LogP) is 3.23. The van der Waals surface area contributed by atoms with E-state index in [1.54, 1.807) is 18.4 Å². The Balaban J connectivity index is 1.87. The summed E-state index contributed by atoms with van der Waals surface area (Å²) >= 11 is 1.68. The summed E-state index contributed by atoms with van der Waals surface area (Å²) in [6, 6.07) is 7.64. The van der Waals surface area contributed by atoms with E-state index >= 15 is 0 Å². The molecule has 1 aromatic carbocycles. The fourth-order valence-corrected chi connectivity index (χ4v) is 2.57. The Morgan fingerprint density at radius 2 is 2.05 bits per heavy atom. The number of ether oxygens (including phenoxy) is 2. The summed E-state index contributed by atoms with van der Waals surface area (Å²) in [6.45, 7) is 4.54. The maximum atomic E-state index is 5.76. The SMILES string of the molecule is CCCNCc1cnc(COc2ccccc2OC)s1. The number of nitrogens with one attached hydrogen (secondary N) is 1. The van der Waals surface area contributed by atoms with Crippen molar-refractivity contribution in [2.75, 3.05) is 13.7 Å². The van der Waals surface area contributed by atoms with Gasteiger partial charge in [-0.25, -0.2) is 4.98 Å². The average molecular weight is 292 g/mol. The second kappa shape index (κ2) is 7.87. The van der Waals surface area contributed by atoms with Crippen molar-refractivity contribution in [1.29, 1.82) is 0 Å². The molecule has 1 N–H and O–H groups in total. The summed E-state index contributed by atoms with van der Waals surface area (Å²) < 4.78 is 11.0. The number of thiazole rings is 1. The summed E-state index contributed by atoms with van der Waals surface area (Å²) in [5.74, 6) is 1.49. The van der Waals surface area contributed by atoms with Crippen molar-refractivity contribution in [2.45, 2.75) is 26.5 Å². The molecule has 20 heavy (non-hydrogen) atoms. The zero-order valence-electron chi connectivity index (χ0n) is 11.9. The van der Waals surface area contributed by atoms with Crippen LogP contribution in [-0.4, -0.2) is 18.6 Å². The minimum absolute atomic E-state index is 0.471. The van der Waals surface area contributed by atoms with Gasteiger partial charge in [0.05, 0.1) is 7.11 Å². The van der Waals surface area contributed by atoms with Crippen molar-refractivity contribution in [2.24, 2.45) is 0 Å². The Bertz CT molecular complexity index is 528. The summed E-state index contributed by atoms with van der Waals surface area (Å²) in [5, 5.41) is 4.34. The number of benzene rings is 1. The van der Waals surface area contributed by atoms with Crippen LogP contribution in [0.5, 0.6) is 11.5 Å². The fraction of sp³-hybridized carbons (Fsp3) is 0.400. The molecule has 0 amide bonds. The first-order valence-corrected chi connectivity index (χ1v) is 7.55. The molecule has 0 aliphatic carbocycles. The minimum Gasteiger partial charge on any atom is -0.493 e. The van der Waals surface area contributed by atoms with Gasteiger partial charge in [-0.1, -0.05) is 19.1 Å². The topological polar surface area (TPSA) is 43.4 Å². The lowest BCUT2D eigenvalue weighted by Gasteiger charge is -2.08. The molecule has 0 saturated carbocycles. The molecular weight excluding hydrogens is 272 g/mol. The largest absolute Gasteiger partial charge is 0.493 e. The minimum atomic E-state index is 0.471. The Morgan fingerprint density at radius 3 is 2.80 bits per heavy atom. The van der Waals surface area contributed by atoms with E-state index in [0.717, 1.165) is 36.0 Å². The maximum absolute atomic E-state index is 5.76. The number of aromatic nitrogens is 1. The normalized spacial score (nSPS) is 10.5. The van der Waals surface area contributed by atoms with Crippen LogP contribution >= 0.6 is 11.3 Å². The van der Waals surface area contributed by atoms with Crippen molar-refractivity contribution < 1.29 is 9.47 Å². The van der Waals surface area contributed by atoms with Gasteiger partial charge >= 0.3 is 0 Å². The number of hydrogen-bond donors (Lipinski definition) is 1. The molecular formula is C15H20N2O2S. The standard InChI is InChI=1S/C15H20N2O2S/c1-3-8-16-9-12-10-17-15(20-12)11-19-14-7-5-4-6-13(14)18-2/h4-7,10,16H,3,8-9,11H2,1-2H3. The van der Waals surface area contributed by atoms with Crippen molar-refractivity contribution in [3.05, 3.63) is 40.3 Å². The summed E-state index contributed by atoms with van der Waals surface area (Å²) in [4.78, 5) is 5.61. The molecule has 2 aromatic rings. The van der Waals surface area contributed by atoms with E-state index < -0.39 is 0 Å². The van der Waals surface area contributed by atoms with Crippen LogP contribution in [0, 0.1) is 0 Å². The molecule has 5 heteroatoms. The lowest BCUT2D eigenvalue weighted by atomic mass is 10.3. The lowest BCUT2D eigenvalue weighted by Crippen LogP contribution is -2.12. The lowest BCUT2D eigenvalue weighted by molar-refractivity contribution is 0.284. The second-order valence-electron chi connectivity index (χ2n) is 4.34. The Kier molecular flexibility index (Phi) is 5.83. The smallest absolute Gasteiger partial charge is 0.161 e. The van der Waals surface area contributed by atoms with E-state index in [1.165, 1.54) is 4.88 Å². The third-order valence-corrected chi connectivity index (χ3v) is 3.72. The molecule has 1 aromatic heterocycles. The fourth-order valence-electron chi connectivity index (χ4n) is 1.76. The summed E-state index contributed by atoms with van der Waals surface area (Å²) in [7, 11) is 1.64. The van der Waals surface area contributed by atoms with Gasteiger partial charge in [-0.3, -0.25) is 0 Å². The van der Waals surface area contributed by atoms with Gasteiger partial charge in [-0.2, -0.15) is 0 Å². The zero-order valence-corrected chi connectivity index (χ0v) is 12.7. The van der Waals surface area contributed by atoms with E-state index in [9.17, 15) is 0 Å². The number of nitrogens with zero attached hydrogens (tertiary/aromatic N) is 1. The van der Waals surface area contributed by atoms with Gasteiger partial charge in [0, 0.05) is 17.6 Å². The predicted molar refractivity (Wildman–Crippen MR) is 81.4 cm³/mol. The molecule has 1 heterocycles. The second-order valence-corrected chi connectivity index (χ2v) is 5.54. The third kappa shape index (κ3) is 4.21. The number of hydrogen-bond acceptors (Lipinski definition) is 5. The first-order chi connectivity index (χ1) is 9.83. The Morgan fingerprint density at radius 1 is 1.25 bits per heavy atom. The van der Waals surface area contributed by atoms with E-state index in [2.05, 4.69) is 17.2 Å². The van der Waals surface area contributed by atoms with Gasteiger partial charge in [0.25, 0.3) is 0 Å². The highest BCUT2D eigenvalue weighted by Gasteiger charge is 2.06. The highest BCUT2D eigenvalue weighted by molar-refractivity contribution is 7.11. The summed E-state index contributed by atoms with van der Waals surface area (Å²) in [5.41, 5.74) is 0. The van der Waals surface area contributed by atoms with E-state index in [4.69, 9.17) is 9.47 Å². The molecule has 108 valence electrons. The highest BCUT2D eigenvalue weighted by atomic mass is 32.1. The molecule has 0 unspecified atom stereocenters. The van der Waals surface area contributed by atoms with Crippen LogP contribution in [0.1, 0.15) is 23.2 Å². The van der Waals surface area contributed by atoms with Gasteiger partial charge in [0.15, 0.2) is 11.5 Å². The van der Waals surface area contributed by atoms with Gasteiger partial charge in [0.2, 0.25) is 0 Å². The van der Waals surface area contributed by atoms with Crippen LogP contribution in [0.3, 0.4) is 0 Å². The van der Waals surface area contributed by atoms with Crippen molar-refractivity contribution in [3.8, 4) is 11.5 Å². The van der Waals surface area contributed by atoms with Crippen LogP contribution in [0.25, 0.3) is 0 Å². The van der Waals surface area contributed by atoms with Crippen LogP contribution < -0.4 is 14.8 Å². The number of methoxy groups -OCH3 is 1. The molecule has 4 nitrogen and oxygen atoms in total. The molecule has 2 rings (SSSR count). The molecule has 0 atom stereocenters. The molecule has 0 saturated heterocycles. The number of rotatable bonds is 8. The maximum Gasteiger partial charge on any atom is 0.161 e. The molecule has 0 bridgehead atoms. The first kappa shape index (κ1) is 14.8. The van der Waals surface area contributed by atoms with E-state index in [1.807, 2.05) is 30.5 Å². The highest BCUT2D eigenvalue weighted by Crippen LogP contribution is 2.27. The van der Waals surface area contributed by atoms with Crippen LogP contribution in [0.15, 0.2) is 30.5 Å². The quantitative estimate of drug-likeness (QED) is 0.759. The van der Waals surface area contributed by atoms with E-state index in [-0.39, 0.29) is 0 Å². The molecule has 0 aliphatic heterocycles. The Hall–Kier alpha value is -1.59. The van der Waals surface area contributed by atoms with Crippen LogP contribution in [-0.2, 0) is 13.2 Å². The number of para-hydroxylation sites is 2. The molecule has 0 radical (unpaired) electrons. The van der Waals surface area contributed by atoms with Crippen LogP contribution in [0.4, 0.5) is 0 Å². The van der Waals surface area contributed by atoms with Crippen molar-refractivity contribution in [1.82, 2.24) is 10.3 Å². The van der Waals surface area contributed by atoms with Gasteiger partial charge in [0.1, 0.15) is 11.6 Å². The first-order valence-electron chi connectivity index (χ1n) is 6.73. The van der Waals surface area contributed by atoms with Crippen LogP contribution in [0.2, 0.25) is 0 Å². The summed E-state index contributed by atoms with van der Waals surface area (Å²) in [6.07, 6.45) is 3.05. The Labute approximate surface area is 123 Å².